The molecule has 0 radical (unpaired) electrons. The van der Waals surface area contributed by atoms with E-state index in [2.05, 4.69) is 27.7 Å². The maximum atomic E-state index is 13.8. The van der Waals surface area contributed by atoms with Gasteiger partial charge in [-0.2, -0.15) is 0 Å². The van der Waals surface area contributed by atoms with Gasteiger partial charge in [-0.3, -0.25) is 24.1 Å². The Morgan fingerprint density at radius 1 is 0.936 bits per heavy atom. The molecular weight excluding hydrogens is 600 g/mol. The summed E-state index contributed by atoms with van der Waals surface area (Å²) in [5.74, 6) is -0.276. The SMILES string of the molecule is C[C@@H]1NC(=O)[C@@H]2C[C@H](NCc3ccccc3)CN2C2CCN(CC2)C(=O)C[C@H]2CN(CC[C@H]2CC(=O)N2CCOCC2)C(=O)C[C@@H]1O. The van der Waals surface area contributed by atoms with E-state index in [4.69, 9.17) is 4.74 Å². The summed E-state index contributed by atoms with van der Waals surface area (Å²) in [6, 6.07) is 9.56. The first kappa shape index (κ1) is 33.8. The molecule has 0 unspecified atom stereocenters. The van der Waals surface area contributed by atoms with Crippen molar-refractivity contribution in [1.29, 1.82) is 0 Å². The second kappa shape index (κ2) is 15.4. The monoisotopic (exact) mass is 652 g/mol. The highest BCUT2D eigenvalue weighted by molar-refractivity contribution is 5.83. The number of hydrogen-bond acceptors (Lipinski definition) is 8. The minimum absolute atomic E-state index is 0.00628. The highest BCUT2D eigenvalue weighted by atomic mass is 16.5. The first-order valence-corrected chi connectivity index (χ1v) is 17.7. The fourth-order valence-corrected chi connectivity index (χ4v) is 8.20. The normalized spacial score (nSPS) is 33.0. The first-order valence-electron chi connectivity index (χ1n) is 17.7. The minimum atomic E-state index is -1.04. The van der Waals surface area contributed by atoms with Crippen LogP contribution in [0.1, 0.15) is 57.4 Å². The number of fused-ring (bicyclic) bond motifs is 8. The van der Waals surface area contributed by atoms with Gasteiger partial charge in [0, 0.05) is 77.3 Å². The second-order valence-electron chi connectivity index (χ2n) is 14.2. The zero-order valence-electron chi connectivity index (χ0n) is 27.7. The van der Waals surface area contributed by atoms with Crippen LogP contribution in [0.4, 0.5) is 0 Å². The molecule has 1 aromatic rings. The maximum Gasteiger partial charge on any atom is 0.237 e. The molecule has 7 rings (SSSR count). The van der Waals surface area contributed by atoms with Gasteiger partial charge in [0.2, 0.25) is 23.6 Å². The van der Waals surface area contributed by atoms with Gasteiger partial charge in [-0.15, -0.1) is 0 Å². The first-order chi connectivity index (χ1) is 22.7. The van der Waals surface area contributed by atoms with E-state index in [1.807, 2.05) is 28.0 Å². The largest absolute Gasteiger partial charge is 0.390 e. The van der Waals surface area contributed by atoms with Crippen LogP contribution >= 0.6 is 0 Å². The zero-order chi connectivity index (χ0) is 32.9. The molecule has 6 heterocycles. The van der Waals surface area contributed by atoms with Crippen LogP contribution in [0.2, 0.25) is 0 Å². The van der Waals surface area contributed by atoms with E-state index in [1.165, 1.54) is 5.56 Å². The Kier molecular flexibility index (Phi) is 11.1. The average Bonchev–Trinajstić information content (AvgIpc) is 3.53. The lowest BCUT2D eigenvalue weighted by atomic mass is 9.80. The van der Waals surface area contributed by atoms with Crippen molar-refractivity contribution in [2.24, 2.45) is 11.8 Å². The van der Waals surface area contributed by atoms with Crippen LogP contribution in [0, 0.1) is 11.8 Å². The van der Waals surface area contributed by atoms with Gasteiger partial charge in [0.25, 0.3) is 0 Å². The lowest BCUT2D eigenvalue weighted by molar-refractivity contribution is -0.142. The predicted molar refractivity (Wildman–Crippen MR) is 175 cm³/mol. The van der Waals surface area contributed by atoms with E-state index in [-0.39, 0.29) is 60.0 Å². The van der Waals surface area contributed by atoms with Crippen molar-refractivity contribution in [2.45, 2.75) is 88.7 Å². The van der Waals surface area contributed by atoms with Crippen molar-refractivity contribution in [1.82, 2.24) is 30.2 Å². The van der Waals surface area contributed by atoms with E-state index in [9.17, 15) is 24.3 Å². The summed E-state index contributed by atoms with van der Waals surface area (Å²) in [5.41, 5.74) is 1.19. The van der Waals surface area contributed by atoms with Crippen LogP contribution in [0.25, 0.3) is 0 Å². The molecule has 0 aromatic heterocycles. The Balaban J connectivity index is 1.17. The fourth-order valence-electron chi connectivity index (χ4n) is 8.20. The van der Waals surface area contributed by atoms with E-state index in [0.717, 1.165) is 19.4 Å². The molecule has 12 heteroatoms. The molecule has 12 nitrogen and oxygen atoms in total. The Hall–Kier alpha value is -3.06. The van der Waals surface area contributed by atoms with Crippen LogP contribution < -0.4 is 10.6 Å². The summed E-state index contributed by atoms with van der Waals surface area (Å²) in [6.45, 7) is 7.59. The summed E-state index contributed by atoms with van der Waals surface area (Å²) in [5, 5.41) is 17.8. The molecule has 6 aliphatic rings. The van der Waals surface area contributed by atoms with E-state index >= 15 is 0 Å². The second-order valence-corrected chi connectivity index (χ2v) is 14.2. The quantitative estimate of drug-likeness (QED) is 0.421. The summed E-state index contributed by atoms with van der Waals surface area (Å²) in [4.78, 5) is 62.0. The summed E-state index contributed by atoms with van der Waals surface area (Å²) in [6.07, 6.45) is 2.38. The van der Waals surface area contributed by atoms with E-state index in [1.54, 1.807) is 11.8 Å². The lowest BCUT2D eigenvalue weighted by Crippen LogP contribution is -2.54. The smallest absolute Gasteiger partial charge is 0.237 e. The molecular formula is C35H52N6O6. The number of nitrogens with zero attached hydrogens (tertiary/aromatic N) is 4. The summed E-state index contributed by atoms with van der Waals surface area (Å²) >= 11 is 0. The number of piperidine rings is 2. The van der Waals surface area contributed by atoms with Crippen LogP contribution in [-0.4, -0.2) is 138 Å². The molecule has 0 spiro atoms. The Labute approximate surface area is 278 Å². The number of nitrogens with one attached hydrogen (secondary N) is 2. The van der Waals surface area contributed by atoms with Gasteiger partial charge in [-0.05, 0) is 50.0 Å². The Morgan fingerprint density at radius 3 is 2.38 bits per heavy atom. The maximum absolute atomic E-state index is 13.8. The van der Waals surface area contributed by atoms with Crippen molar-refractivity contribution < 1.29 is 29.0 Å². The number of carbonyl (C=O) groups is 4. The van der Waals surface area contributed by atoms with Crippen LogP contribution in [0.5, 0.6) is 0 Å². The number of aliphatic hydroxyl groups is 1. The Bertz CT molecular complexity index is 1250. The van der Waals surface area contributed by atoms with E-state index in [0.29, 0.717) is 84.7 Å². The number of morpholine rings is 1. The summed E-state index contributed by atoms with van der Waals surface area (Å²) in [7, 11) is 0. The fraction of sp³-hybridized carbons (Fsp3) is 0.714. The highest BCUT2D eigenvalue weighted by Gasteiger charge is 2.43. The molecule has 6 aliphatic heterocycles. The van der Waals surface area contributed by atoms with Gasteiger partial charge in [-0.1, -0.05) is 30.3 Å². The van der Waals surface area contributed by atoms with Gasteiger partial charge >= 0.3 is 0 Å². The van der Waals surface area contributed by atoms with Crippen LogP contribution in [0.15, 0.2) is 30.3 Å². The van der Waals surface area contributed by atoms with Gasteiger partial charge in [0.1, 0.15) is 0 Å². The topological polar surface area (TPSA) is 135 Å². The molecule has 4 bridgehead atoms. The zero-order valence-corrected chi connectivity index (χ0v) is 27.7. The van der Waals surface area contributed by atoms with Gasteiger partial charge in [0.15, 0.2) is 0 Å². The molecule has 4 amide bonds. The number of hydrogen-bond donors (Lipinski definition) is 3. The van der Waals surface area contributed by atoms with E-state index < -0.39 is 12.1 Å². The molecule has 47 heavy (non-hydrogen) atoms. The third kappa shape index (κ3) is 8.33. The minimum Gasteiger partial charge on any atom is -0.390 e. The third-order valence-electron chi connectivity index (χ3n) is 11.2. The molecule has 0 saturated carbocycles. The predicted octanol–water partition coefficient (Wildman–Crippen LogP) is 0.583. The highest BCUT2D eigenvalue weighted by Crippen LogP contribution is 2.33. The molecule has 6 atom stereocenters. The summed E-state index contributed by atoms with van der Waals surface area (Å²) < 4.78 is 5.42. The molecule has 6 fully saturated rings. The Morgan fingerprint density at radius 2 is 1.64 bits per heavy atom. The molecule has 3 N–H and O–H groups in total. The number of aliphatic hydroxyl groups excluding tert-OH is 1. The number of ether oxygens (including phenoxy) is 1. The van der Waals surface area contributed by atoms with Crippen LogP contribution in [0.3, 0.4) is 0 Å². The van der Waals surface area contributed by atoms with Crippen molar-refractivity contribution in [3.8, 4) is 0 Å². The van der Waals surface area contributed by atoms with Gasteiger partial charge in [-0.25, -0.2) is 0 Å². The third-order valence-corrected chi connectivity index (χ3v) is 11.2. The molecule has 0 aliphatic carbocycles. The molecule has 6 saturated heterocycles. The van der Waals surface area contributed by atoms with Crippen molar-refractivity contribution >= 4 is 23.6 Å². The van der Waals surface area contributed by atoms with Crippen LogP contribution in [-0.2, 0) is 30.5 Å². The number of rotatable bonds is 5. The van der Waals surface area contributed by atoms with Crippen molar-refractivity contribution in [2.75, 3.05) is 59.0 Å². The van der Waals surface area contributed by atoms with Gasteiger partial charge in [0.05, 0.1) is 37.8 Å². The van der Waals surface area contributed by atoms with Crippen molar-refractivity contribution in [3.05, 3.63) is 35.9 Å². The lowest BCUT2D eigenvalue weighted by Gasteiger charge is -2.41. The number of amides is 4. The van der Waals surface area contributed by atoms with Gasteiger partial charge < -0.3 is 35.2 Å². The van der Waals surface area contributed by atoms with Crippen molar-refractivity contribution in [3.63, 3.8) is 0 Å². The number of benzene rings is 1. The average molecular weight is 653 g/mol. The standard InChI is InChI=1S/C35H52N6O6/c1-24-31(42)20-34(45)40-10-7-26(17-32(43)39-13-15-47-16-14-39)27(22-40)18-33(44)38-11-8-29(9-12-38)41-23-28(19-30(41)35(46)37-24)36-21-25-5-3-2-4-6-25/h2-6,24,26-31,36,42H,7-23H2,1H3,(H,37,46)/t24-,26-,27-,28-,30-,31-/m0/s1. The number of carbonyl (C=O) groups excluding carboxylic acids is 4. The molecule has 1 aromatic carbocycles. The molecule has 258 valence electrons.